The van der Waals surface area contributed by atoms with Crippen molar-refractivity contribution in [1.82, 2.24) is 5.32 Å². The fourth-order valence-corrected chi connectivity index (χ4v) is 2.50. The van der Waals surface area contributed by atoms with Crippen LogP contribution in [0, 0.1) is 11.3 Å². The molecule has 3 nitrogen and oxygen atoms in total. The summed E-state index contributed by atoms with van der Waals surface area (Å²) in [6.07, 6.45) is -0.590. The Morgan fingerprint density at radius 3 is 2.52 bits per heavy atom. The van der Waals surface area contributed by atoms with Gasteiger partial charge in [-0.3, -0.25) is 0 Å². The van der Waals surface area contributed by atoms with Crippen molar-refractivity contribution in [2.24, 2.45) is 0 Å². The fraction of sp³-hybridized carbons (Fsp3) is 0.235. The zero-order valence-corrected chi connectivity index (χ0v) is 13.3. The lowest BCUT2D eigenvalue weighted by Crippen LogP contribution is -2.24. The molecule has 0 heterocycles. The molecule has 4 heteroatoms. The molecule has 2 aromatic rings. The van der Waals surface area contributed by atoms with E-state index in [0.717, 1.165) is 15.6 Å². The van der Waals surface area contributed by atoms with Crippen LogP contribution in [0.25, 0.3) is 0 Å². The van der Waals surface area contributed by atoms with Gasteiger partial charge in [0, 0.05) is 17.1 Å². The first-order chi connectivity index (χ1) is 10.1. The predicted octanol–water partition coefficient (Wildman–Crippen LogP) is 3.70. The van der Waals surface area contributed by atoms with Crippen molar-refractivity contribution in [2.45, 2.75) is 19.1 Å². The number of rotatable bonds is 5. The van der Waals surface area contributed by atoms with E-state index < -0.39 is 6.10 Å². The quantitative estimate of drug-likeness (QED) is 0.869. The van der Waals surface area contributed by atoms with E-state index in [9.17, 15) is 5.11 Å². The van der Waals surface area contributed by atoms with Gasteiger partial charge in [0.05, 0.1) is 17.7 Å². The van der Waals surface area contributed by atoms with Crippen LogP contribution in [0.15, 0.2) is 53.0 Å². The summed E-state index contributed by atoms with van der Waals surface area (Å²) < 4.78 is 1.04. The van der Waals surface area contributed by atoms with Crippen LogP contribution < -0.4 is 5.32 Å². The Morgan fingerprint density at radius 2 is 1.90 bits per heavy atom. The summed E-state index contributed by atoms with van der Waals surface area (Å²) in [5.74, 6) is 0. The van der Waals surface area contributed by atoms with E-state index >= 15 is 0 Å². The van der Waals surface area contributed by atoms with Crippen molar-refractivity contribution < 1.29 is 5.11 Å². The molecule has 0 bridgehead atoms. The topological polar surface area (TPSA) is 56.0 Å². The third-order valence-electron chi connectivity index (χ3n) is 3.39. The van der Waals surface area contributed by atoms with E-state index in [0.29, 0.717) is 12.1 Å². The minimum Gasteiger partial charge on any atom is -0.387 e. The van der Waals surface area contributed by atoms with Gasteiger partial charge < -0.3 is 10.4 Å². The standard InChI is InChI=1S/C17H17BrN2O/c1-12(15-3-2-4-16(18)9-15)20-11-17(21)14-7-5-13(10-19)6-8-14/h2-9,12,17,20-21H,11H2,1H3/t12-,17?/m0/s1. The van der Waals surface area contributed by atoms with Crippen molar-refractivity contribution in [1.29, 1.82) is 5.26 Å². The lowest BCUT2D eigenvalue weighted by molar-refractivity contribution is 0.171. The van der Waals surface area contributed by atoms with Crippen molar-refractivity contribution in [3.8, 4) is 6.07 Å². The van der Waals surface area contributed by atoms with Gasteiger partial charge in [0.2, 0.25) is 0 Å². The summed E-state index contributed by atoms with van der Waals surface area (Å²) in [4.78, 5) is 0. The zero-order valence-electron chi connectivity index (χ0n) is 11.8. The first-order valence-electron chi connectivity index (χ1n) is 6.77. The third-order valence-corrected chi connectivity index (χ3v) is 3.88. The van der Waals surface area contributed by atoms with E-state index in [-0.39, 0.29) is 6.04 Å². The first-order valence-corrected chi connectivity index (χ1v) is 7.56. The summed E-state index contributed by atoms with van der Waals surface area (Å²) >= 11 is 3.46. The maximum atomic E-state index is 10.2. The predicted molar refractivity (Wildman–Crippen MR) is 86.7 cm³/mol. The molecule has 0 amide bonds. The van der Waals surface area contributed by atoms with Crippen molar-refractivity contribution in [3.05, 3.63) is 69.7 Å². The number of hydrogen-bond donors (Lipinski definition) is 2. The van der Waals surface area contributed by atoms with Gasteiger partial charge in [0.1, 0.15) is 0 Å². The Balaban J connectivity index is 1.94. The number of aliphatic hydroxyl groups is 1. The summed E-state index contributed by atoms with van der Waals surface area (Å²) in [5, 5.41) is 22.3. The number of benzene rings is 2. The number of aliphatic hydroxyl groups excluding tert-OH is 1. The molecular weight excluding hydrogens is 328 g/mol. The van der Waals surface area contributed by atoms with Crippen LogP contribution in [0.1, 0.15) is 35.8 Å². The summed E-state index contributed by atoms with van der Waals surface area (Å²) in [6, 6.07) is 17.3. The molecule has 0 spiro atoms. The molecule has 2 aromatic carbocycles. The average Bonchev–Trinajstić information content (AvgIpc) is 2.52. The lowest BCUT2D eigenvalue weighted by Gasteiger charge is -2.18. The lowest BCUT2D eigenvalue weighted by atomic mass is 10.1. The van der Waals surface area contributed by atoms with Gasteiger partial charge in [-0.25, -0.2) is 0 Å². The summed E-state index contributed by atoms with van der Waals surface area (Å²) in [6.45, 7) is 2.52. The van der Waals surface area contributed by atoms with Gasteiger partial charge in [-0.2, -0.15) is 5.26 Å². The molecule has 0 fully saturated rings. The SMILES string of the molecule is C[C@H](NCC(O)c1ccc(C#N)cc1)c1cccc(Br)c1. The van der Waals surface area contributed by atoms with Crippen LogP contribution in [0.4, 0.5) is 0 Å². The Hall–Kier alpha value is -1.67. The van der Waals surface area contributed by atoms with Gasteiger partial charge in [0.25, 0.3) is 0 Å². The minimum absolute atomic E-state index is 0.149. The van der Waals surface area contributed by atoms with Gasteiger partial charge in [-0.1, -0.05) is 40.2 Å². The second kappa shape index (κ2) is 7.37. The van der Waals surface area contributed by atoms with E-state index in [1.54, 1.807) is 24.3 Å². The van der Waals surface area contributed by atoms with Crippen LogP contribution in [0.3, 0.4) is 0 Å². The number of halogens is 1. The van der Waals surface area contributed by atoms with Crippen molar-refractivity contribution >= 4 is 15.9 Å². The molecule has 0 aliphatic heterocycles. The van der Waals surface area contributed by atoms with Gasteiger partial charge in [0.15, 0.2) is 0 Å². The van der Waals surface area contributed by atoms with Crippen LogP contribution in [0.5, 0.6) is 0 Å². The van der Waals surface area contributed by atoms with Crippen LogP contribution in [-0.2, 0) is 0 Å². The molecule has 2 rings (SSSR count). The fourth-order valence-electron chi connectivity index (χ4n) is 2.08. The summed E-state index contributed by atoms with van der Waals surface area (Å²) in [7, 11) is 0. The van der Waals surface area contributed by atoms with Gasteiger partial charge in [-0.15, -0.1) is 0 Å². The monoisotopic (exact) mass is 344 g/mol. The smallest absolute Gasteiger partial charge is 0.0991 e. The highest BCUT2D eigenvalue weighted by atomic mass is 79.9. The van der Waals surface area contributed by atoms with Gasteiger partial charge >= 0.3 is 0 Å². The molecule has 0 aliphatic rings. The van der Waals surface area contributed by atoms with Crippen molar-refractivity contribution in [3.63, 3.8) is 0 Å². The maximum absolute atomic E-state index is 10.2. The molecule has 2 N–H and O–H groups in total. The highest BCUT2D eigenvalue weighted by Gasteiger charge is 2.11. The largest absolute Gasteiger partial charge is 0.387 e. The molecule has 0 aliphatic carbocycles. The Bertz CT molecular complexity index is 634. The molecule has 0 radical (unpaired) electrons. The molecule has 0 saturated heterocycles. The minimum atomic E-state index is -0.590. The molecule has 0 aromatic heterocycles. The van der Waals surface area contributed by atoms with Crippen molar-refractivity contribution in [2.75, 3.05) is 6.54 Å². The van der Waals surface area contributed by atoms with E-state index in [1.165, 1.54) is 0 Å². The third kappa shape index (κ3) is 4.40. The molecule has 1 unspecified atom stereocenters. The first kappa shape index (κ1) is 15.7. The number of nitrogens with zero attached hydrogens (tertiary/aromatic N) is 1. The number of nitriles is 1. The van der Waals surface area contributed by atoms with Crippen LogP contribution in [0.2, 0.25) is 0 Å². The Labute approximate surface area is 133 Å². The van der Waals surface area contributed by atoms with E-state index in [1.807, 2.05) is 12.1 Å². The Kier molecular flexibility index (Phi) is 5.51. The maximum Gasteiger partial charge on any atom is 0.0991 e. The van der Waals surface area contributed by atoms with Gasteiger partial charge in [-0.05, 0) is 42.3 Å². The molecule has 108 valence electrons. The highest BCUT2D eigenvalue weighted by molar-refractivity contribution is 9.10. The molecule has 0 saturated carbocycles. The number of nitrogens with one attached hydrogen (secondary N) is 1. The average molecular weight is 345 g/mol. The zero-order chi connectivity index (χ0) is 15.2. The van der Waals surface area contributed by atoms with Crippen LogP contribution >= 0.6 is 15.9 Å². The van der Waals surface area contributed by atoms with Crippen LogP contribution in [-0.4, -0.2) is 11.7 Å². The van der Waals surface area contributed by atoms with E-state index in [2.05, 4.69) is 46.4 Å². The Morgan fingerprint density at radius 1 is 1.19 bits per heavy atom. The summed E-state index contributed by atoms with van der Waals surface area (Å²) in [5.41, 5.74) is 2.57. The normalized spacial score (nSPS) is 13.4. The highest BCUT2D eigenvalue weighted by Crippen LogP contribution is 2.19. The molecular formula is C17H17BrN2O. The second-order valence-corrected chi connectivity index (χ2v) is 5.85. The molecule has 21 heavy (non-hydrogen) atoms. The number of hydrogen-bond acceptors (Lipinski definition) is 3. The van der Waals surface area contributed by atoms with E-state index in [4.69, 9.17) is 5.26 Å². The molecule has 2 atom stereocenters. The second-order valence-electron chi connectivity index (χ2n) is 4.93.